The van der Waals surface area contributed by atoms with Crippen LogP contribution in [0.1, 0.15) is 44.6 Å². The summed E-state index contributed by atoms with van der Waals surface area (Å²) < 4.78 is 15.9. The number of esters is 1. The first kappa shape index (κ1) is 21.4. The zero-order chi connectivity index (χ0) is 20.0. The first-order valence-electron chi connectivity index (χ1n) is 8.73. The van der Waals surface area contributed by atoms with Crippen molar-refractivity contribution >= 4 is 35.1 Å². The summed E-state index contributed by atoms with van der Waals surface area (Å²) >= 11 is 12.6. The molecule has 2 rings (SSSR count). The van der Waals surface area contributed by atoms with Crippen molar-refractivity contribution in [3.63, 3.8) is 0 Å². The minimum Gasteiger partial charge on any atom is -0.496 e. The molecule has 0 amide bonds. The first-order valence-corrected chi connectivity index (χ1v) is 9.48. The summed E-state index contributed by atoms with van der Waals surface area (Å²) in [6, 6.07) is 3.42. The Hall–Kier alpha value is -1.94. The summed E-state index contributed by atoms with van der Waals surface area (Å²) in [4.78, 5) is 23.6. The highest BCUT2D eigenvalue weighted by Crippen LogP contribution is 2.48. The van der Waals surface area contributed by atoms with Crippen LogP contribution in [0.5, 0.6) is 5.75 Å². The minimum atomic E-state index is -0.395. The Kier molecular flexibility index (Phi) is 7.78. The van der Waals surface area contributed by atoms with Gasteiger partial charge in [0.2, 0.25) is 0 Å². The van der Waals surface area contributed by atoms with E-state index in [2.05, 4.69) is 0 Å². The van der Waals surface area contributed by atoms with Gasteiger partial charge in [0, 0.05) is 17.6 Å². The zero-order valence-electron chi connectivity index (χ0n) is 15.6. The SMILES string of the molecule is CCOC(=O)C1=C(CC(=C=O)OCC)CC(c2c(OC)ccc(Cl)c2Cl)C1. The molecule has 1 aliphatic rings. The largest absolute Gasteiger partial charge is 0.496 e. The van der Waals surface area contributed by atoms with Crippen molar-refractivity contribution in [2.75, 3.05) is 20.3 Å². The number of hydrogen-bond acceptors (Lipinski definition) is 5. The number of benzene rings is 1. The topological polar surface area (TPSA) is 61.8 Å². The van der Waals surface area contributed by atoms with E-state index in [1.165, 1.54) is 0 Å². The monoisotopic (exact) mass is 412 g/mol. The number of carbonyl (C=O) groups is 1. The zero-order valence-corrected chi connectivity index (χ0v) is 17.1. The summed E-state index contributed by atoms with van der Waals surface area (Å²) in [6.07, 6.45) is 1.15. The van der Waals surface area contributed by atoms with Crippen molar-refractivity contribution in [3.05, 3.63) is 44.6 Å². The molecule has 1 aliphatic carbocycles. The fourth-order valence-electron chi connectivity index (χ4n) is 3.30. The second kappa shape index (κ2) is 9.84. The predicted molar refractivity (Wildman–Crippen MR) is 104 cm³/mol. The third-order valence-electron chi connectivity index (χ3n) is 4.42. The van der Waals surface area contributed by atoms with E-state index in [1.54, 1.807) is 39.0 Å². The van der Waals surface area contributed by atoms with Gasteiger partial charge >= 0.3 is 5.97 Å². The van der Waals surface area contributed by atoms with Gasteiger partial charge in [-0.25, -0.2) is 9.59 Å². The molecule has 5 nitrogen and oxygen atoms in total. The lowest BCUT2D eigenvalue weighted by atomic mass is 9.93. The van der Waals surface area contributed by atoms with Gasteiger partial charge in [0.05, 0.1) is 30.4 Å². The van der Waals surface area contributed by atoms with Gasteiger partial charge in [0.25, 0.3) is 0 Å². The number of hydrogen-bond donors (Lipinski definition) is 0. The Labute approximate surface area is 168 Å². The number of ether oxygens (including phenoxy) is 3. The summed E-state index contributed by atoms with van der Waals surface area (Å²) in [5, 5.41) is 0.822. The molecule has 1 aromatic carbocycles. The van der Waals surface area contributed by atoms with Crippen LogP contribution in [-0.2, 0) is 19.1 Å². The minimum absolute atomic E-state index is 0.116. The molecule has 146 valence electrons. The van der Waals surface area contributed by atoms with Gasteiger partial charge < -0.3 is 14.2 Å². The molecule has 0 N–H and O–H groups in total. The molecule has 1 aromatic rings. The van der Waals surface area contributed by atoms with Crippen LogP contribution in [0.15, 0.2) is 29.0 Å². The standard InChI is InChI=1S/C20H22Cl2O5/c1-4-26-14(11-23)9-12-8-13(10-15(12)20(24)27-5-2)18-17(25-3)7-6-16(21)19(18)22/h6-7,13H,4-5,8-10H2,1-3H3. The molecule has 0 saturated carbocycles. The highest BCUT2D eigenvalue weighted by atomic mass is 35.5. The Morgan fingerprint density at radius 1 is 1.19 bits per heavy atom. The van der Waals surface area contributed by atoms with Gasteiger partial charge in [0.15, 0.2) is 11.7 Å². The van der Waals surface area contributed by atoms with Crippen LogP contribution in [0, 0.1) is 0 Å². The van der Waals surface area contributed by atoms with Crippen molar-refractivity contribution in [1.29, 1.82) is 0 Å². The molecule has 0 fully saturated rings. The van der Waals surface area contributed by atoms with Crippen LogP contribution in [0.2, 0.25) is 10.0 Å². The van der Waals surface area contributed by atoms with Crippen LogP contribution >= 0.6 is 23.2 Å². The predicted octanol–water partition coefficient (Wildman–Crippen LogP) is 4.88. The van der Waals surface area contributed by atoms with Crippen LogP contribution in [0.3, 0.4) is 0 Å². The molecule has 1 unspecified atom stereocenters. The Bertz CT molecular complexity index is 794. The summed E-state index contributed by atoms with van der Waals surface area (Å²) in [6.45, 7) is 4.15. The normalized spacial score (nSPS) is 16.1. The van der Waals surface area contributed by atoms with Gasteiger partial charge in [0.1, 0.15) is 5.75 Å². The number of rotatable bonds is 8. The molecular formula is C20H22Cl2O5. The van der Waals surface area contributed by atoms with Crippen molar-refractivity contribution < 1.29 is 23.8 Å². The molecule has 0 radical (unpaired) electrons. The van der Waals surface area contributed by atoms with Crippen LogP contribution in [-0.4, -0.2) is 32.2 Å². The molecule has 27 heavy (non-hydrogen) atoms. The van der Waals surface area contributed by atoms with Gasteiger partial charge in [-0.05, 0) is 44.7 Å². The van der Waals surface area contributed by atoms with Crippen LogP contribution < -0.4 is 4.74 Å². The van der Waals surface area contributed by atoms with E-state index in [-0.39, 0.29) is 24.7 Å². The van der Waals surface area contributed by atoms with E-state index in [1.807, 2.05) is 0 Å². The number of allylic oxidation sites excluding steroid dienone is 1. The molecule has 0 aliphatic heterocycles. The first-order chi connectivity index (χ1) is 13.0. The van der Waals surface area contributed by atoms with Crippen molar-refractivity contribution in [3.8, 4) is 5.75 Å². The Balaban J connectivity index is 2.40. The van der Waals surface area contributed by atoms with E-state index in [9.17, 15) is 9.59 Å². The van der Waals surface area contributed by atoms with E-state index in [0.717, 1.165) is 11.1 Å². The van der Waals surface area contributed by atoms with Crippen molar-refractivity contribution in [2.24, 2.45) is 0 Å². The van der Waals surface area contributed by atoms with Gasteiger partial charge in [-0.15, -0.1) is 0 Å². The van der Waals surface area contributed by atoms with Gasteiger partial charge in [-0.2, -0.15) is 0 Å². The fourth-order valence-corrected chi connectivity index (χ4v) is 3.78. The number of carbonyl (C=O) groups excluding carboxylic acids is 2. The summed E-state index contributed by atoms with van der Waals surface area (Å²) in [7, 11) is 1.56. The molecule has 0 saturated heterocycles. The van der Waals surface area contributed by atoms with E-state index < -0.39 is 5.97 Å². The molecular weight excluding hydrogens is 391 g/mol. The Morgan fingerprint density at radius 2 is 1.89 bits per heavy atom. The average Bonchev–Trinajstić information content (AvgIpc) is 3.07. The lowest BCUT2D eigenvalue weighted by molar-refractivity contribution is -0.138. The van der Waals surface area contributed by atoms with E-state index >= 15 is 0 Å². The second-order valence-electron chi connectivity index (χ2n) is 6.02. The maximum absolute atomic E-state index is 12.4. The molecule has 7 heteroatoms. The molecule has 0 heterocycles. The molecule has 0 bridgehead atoms. The Morgan fingerprint density at radius 3 is 2.48 bits per heavy atom. The number of methoxy groups -OCH3 is 1. The van der Waals surface area contributed by atoms with Crippen LogP contribution in [0.4, 0.5) is 0 Å². The quantitative estimate of drug-likeness (QED) is 0.345. The molecule has 1 atom stereocenters. The van der Waals surface area contributed by atoms with Crippen LogP contribution in [0.25, 0.3) is 0 Å². The van der Waals surface area contributed by atoms with Crippen molar-refractivity contribution in [1.82, 2.24) is 0 Å². The summed E-state index contributed by atoms with van der Waals surface area (Å²) in [5.74, 6) is 2.07. The maximum atomic E-state index is 12.4. The van der Waals surface area contributed by atoms with Gasteiger partial charge in [-0.3, -0.25) is 0 Å². The highest BCUT2D eigenvalue weighted by molar-refractivity contribution is 6.42. The van der Waals surface area contributed by atoms with Gasteiger partial charge in [-0.1, -0.05) is 28.8 Å². The maximum Gasteiger partial charge on any atom is 0.333 e. The lowest BCUT2D eigenvalue weighted by Crippen LogP contribution is -2.09. The molecule has 0 spiro atoms. The van der Waals surface area contributed by atoms with Crippen molar-refractivity contribution in [2.45, 2.75) is 39.0 Å². The smallest absolute Gasteiger partial charge is 0.333 e. The average molecular weight is 413 g/mol. The third kappa shape index (κ3) is 4.86. The highest BCUT2D eigenvalue weighted by Gasteiger charge is 2.34. The lowest BCUT2D eigenvalue weighted by Gasteiger charge is -2.18. The molecule has 0 aromatic heterocycles. The third-order valence-corrected chi connectivity index (χ3v) is 5.24. The number of halogens is 2. The van der Waals surface area contributed by atoms with E-state index in [4.69, 9.17) is 37.4 Å². The summed E-state index contributed by atoms with van der Waals surface area (Å²) in [5.41, 5.74) is 2.06. The fraction of sp³-hybridized carbons (Fsp3) is 0.450. The second-order valence-corrected chi connectivity index (χ2v) is 6.81. The van der Waals surface area contributed by atoms with E-state index in [0.29, 0.717) is 40.8 Å².